The van der Waals surface area contributed by atoms with Gasteiger partial charge in [-0.15, -0.1) is 0 Å². The molecule has 2 N–H and O–H groups in total. The predicted octanol–water partition coefficient (Wildman–Crippen LogP) is 1.65. The van der Waals surface area contributed by atoms with Crippen molar-refractivity contribution in [1.82, 2.24) is 4.98 Å². The fourth-order valence-electron chi connectivity index (χ4n) is 1.55. The fourth-order valence-corrected chi connectivity index (χ4v) is 1.55. The summed E-state index contributed by atoms with van der Waals surface area (Å²) in [4.78, 5) is 25.7. The number of fused-ring (bicyclic) bond motifs is 1. The van der Waals surface area contributed by atoms with Gasteiger partial charge in [-0.1, -0.05) is 12.1 Å². The number of hydrogen-bond donors (Lipinski definition) is 2. The van der Waals surface area contributed by atoms with Gasteiger partial charge < -0.3 is 10.4 Å². The van der Waals surface area contributed by atoms with Crippen molar-refractivity contribution in [3.05, 3.63) is 36.7 Å². The van der Waals surface area contributed by atoms with Crippen LogP contribution in [0.2, 0.25) is 0 Å². The summed E-state index contributed by atoms with van der Waals surface area (Å²) in [6, 6.07) is 7.22. The maximum atomic E-state index is 11.4. The lowest BCUT2D eigenvalue weighted by molar-refractivity contribution is -0.139. The van der Waals surface area contributed by atoms with Gasteiger partial charge in [-0.25, -0.2) is 0 Å². The number of amides is 1. The molecule has 0 unspecified atom stereocenters. The Balaban J connectivity index is 2.30. The number of hydrogen-bond acceptors (Lipinski definition) is 3. The number of benzene rings is 1. The average molecular weight is 230 g/mol. The van der Waals surface area contributed by atoms with Crippen molar-refractivity contribution in [2.24, 2.45) is 0 Å². The van der Waals surface area contributed by atoms with Gasteiger partial charge in [0.05, 0.1) is 5.69 Å². The third-order valence-corrected chi connectivity index (χ3v) is 2.27. The topological polar surface area (TPSA) is 79.3 Å². The molecule has 0 atom stereocenters. The Morgan fingerprint density at radius 3 is 2.88 bits per heavy atom. The van der Waals surface area contributed by atoms with Crippen LogP contribution in [0, 0.1) is 0 Å². The SMILES string of the molecule is O=C(O)CC(=O)Nc1cccc2ccncc12. The van der Waals surface area contributed by atoms with Crippen LogP contribution in [0.25, 0.3) is 10.8 Å². The summed E-state index contributed by atoms with van der Waals surface area (Å²) in [6.45, 7) is 0. The van der Waals surface area contributed by atoms with E-state index in [-0.39, 0.29) is 0 Å². The number of rotatable bonds is 3. The molecule has 1 aromatic carbocycles. The van der Waals surface area contributed by atoms with Gasteiger partial charge in [-0.05, 0) is 17.5 Å². The van der Waals surface area contributed by atoms with Crippen LogP contribution in [-0.4, -0.2) is 22.0 Å². The van der Waals surface area contributed by atoms with Gasteiger partial charge in [-0.3, -0.25) is 14.6 Å². The first-order valence-corrected chi connectivity index (χ1v) is 5.01. The van der Waals surface area contributed by atoms with E-state index in [1.54, 1.807) is 24.5 Å². The normalized spacial score (nSPS) is 10.1. The van der Waals surface area contributed by atoms with E-state index in [0.29, 0.717) is 5.69 Å². The third-order valence-electron chi connectivity index (χ3n) is 2.27. The van der Waals surface area contributed by atoms with Crippen LogP contribution < -0.4 is 5.32 Å². The molecule has 0 saturated carbocycles. The minimum absolute atomic E-state index is 0.545. The van der Waals surface area contributed by atoms with Gasteiger partial charge >= 0.3 is 5.97 Å². The molecule has 86 valence electrons. The highest BCUT2D eigenvalue weighted by molar-refractivity contribution is 6.06. The number of aliphatic carboxylic acids is 1. The number of aromatic nitrogens is 1. The van der Waals surface area contributed by atoms with E-state index in [1.165, 1.54) is 0 Å². The first-order chi connectivity index (χ1) is 8.16. The lowest BCUT2D eigenvalue weighted by atomic mass is 10.1. The Kier molecular flexibility index (Phi) is 3.00. The summed E-state index contributed by atoms with van der Waals surface area (Å²) in [7, 11) is 0. The van der Waals surface area contributed by atoms with Crippen molar-refractivity contribution in [2.75, 3.05) is 5.32 Å². The molecule has 0 aliphatic heterocycles. The summed E-state index contributed by atoms with van der Waals surface area (Å²) in [5.41, 5.74) is 0.571. The van der Waals surface area contributed by atoms with Crippen LogP contribution in [0.4, 0.5) is 5.69 Å². The molecular formula is C12H10N2O3. The lowest BCUT2D eigenvalue weighted by Crippen LogP contribution is -2.16. The monoisotopic (exact) mass is 230 g/mol. The number of carbonyl (C=O) groups excluding carboxylic acids is 1. The van der Waals surface area contributed by atoms with E-state index < -0.39 is 18.3 Å². The smallest absolute Gasteiger partial charge is 0.312 e. The van der Waals surface area contributed by atoms with Crippen molar-refractivity contribution < 1.29 is 14.7 Å². The maximum absolute atomic E-state index is 11.4. The molecule has 5 heteroatoms. The molecule has 0 fully saturated rings. The Bertz CT molecular complexity index is 575. The van der Waals surface area contributed by atoms with Crippen LogP contribution in [0.5, 0.6) is 0 Å². The molecule has 1 heterocycles. The summed E-state index contributed by atoms with van der Waals surface area (Å²) >= 11 is 0. The van der Waals surface area contributed by atoms with Crippen LogP contribution in [0.15, 0.2) is 36.7 Å². The largest absolute Gasteiger partial charge is 0.481 e. The predicted molar refractivity (Wildman–Crippen MR) is 62.6 cm³/mol. The molecule has 2 rings (SSSR count). The summed E-state index contributed by atoms with van der Waals surface area (Å²) in [6.07, 6.45) is 2.74. The molecule has 0 aliphatic rings. The van der Waals surface area contributed by atoms with E-state index in [9.17, 15) is 9.59 Å². The van der Waals surface area contributed by atoms with Crippen LogP contribution >= 0.6 is 0 Å². The van der Waals surface area contributed by atoms with Crippen LogP contribution in [-0.2, 0) is 9.59 Å². The molecule has 1 amide bonds. The summed E-state index contributed by atoms with van der Waals surface area (Å²) in [5.74, 6) is -1.70. The Labute approximate surface area is 97.1 Å². The summed E-state index contributed by atoms with van der Waals surface area (Å²) in [5, 5.41) is 12.8. The number of carboxylic acid groups (broad SMARTS) is 1. The molecular weight excluding hydrogens is 220 g/mol. The number of nitrogens with one attached hydrogen (secondary N) is 1. The van der Waals surface area contributed by atoms with Crippen molar-refractivity contribution in [1.29, 1.82) is 0 Å². The Morgan fingerprint density at radius 2 is 2.12 bits per heavy atom. The summed E-state index contributed by atoms with van der Waals surface area (Å²) < 4.78 is 0. The second-order valence-corrected chi connectivity index (χ2v) is 3.52. The molecule has 0 saturated heterocycles. The molecule has 1 aromatic heterocycles. The number of pyridine rings is 1. The van der Waals surface area contributed by atoms with Gasteiger partial charge in [0.25, 0.3) is 0 Å². The first kappa shape index (κ1) is 11.1. The Morgan fingerprint density at radius 1 is 1.29 bits per heavy atom. The Hall–Kier alpha value is -2.43. The van der Waals surface area contributed by atoms with Crippen molar-refractivity contribution in [3.63, 3.8) is 0 Å². The van der Waals surface area contributed by atoms with Gasteiger partial charge in [0.1, 0.15) is 6.42 Å². The molecule has 17 heavy (non-hydrogen) atoms. The van der Waals surface area contributed by atoms with Crippen molar-refractivity contribution >= 4 is 28.3 Å². The molecule has 0 aliphatic carbocycles. The van der Waals surface area contributed by atoms with Crippen LogP contribution in [0.3, 0.4) is 0 Å². The van der Waals surface area contributed by atoms with Gasteiger partial charge in [0.2, 0.25) is 5.91 Å². The number of carboxylic acids is 1. The van der Waals surface area contributed by atoms with E-state index in [4.69, 9.17) is 5.11 Å². The number of nitrogens with zero attached hydrogens (tertiary/aromatic N) is 1. The van der Waals surface area contributed by atoms with Gasteiger partial charge in [-0.2, -0.15) is 0 Å². The molecule has 0 radical (unpaired) electrons. The minimum Gasteiger partial charge on any atom is -0.481 e. The molecule has 5 nitrogen and oxygen atoms in total. The van der Waals surface area contributed by atoms with E-state index in [0.717, 1.165) is 10.8 Å². The van der Waals surface area contributed by atoms with E-state index in [1.807, 2.05) is 12.1 Å². The third kappa shape index (κ3) is 2.57. The second-order valence-electron chi connectivity index (χ2n) is 3.52. The fraction of sp³-hybridized carbons (Fsp3) is 0.0833. The van der Waals surface area contributed by atoms with Crippen molar-refractivity contribution in [3.8, 4) is 0 Å². The number of anilines is 1. The molecule has 0 bridgehead atoms. The number of carbonyl (C=O) groups is 2. The highest BCUT2D eigenvalue weighted by Gasteiger charge is 2.09. The highest BCUT2D eigenvalue weighted by Crippen LogP contribution is 2.21. The second kappa shape index (κ2) is 4.61. The zero-order valence-electron chi connectivity index (χ0n) is 8.88. The zero-order chi connectivity index (χ0) is 12.3. The quantitative estimate of drug-likeness (QED) is 0.786. The first-order valence-electron chi connectivity index (χ1n) is 5.01. The minimum atomic E-state index is -1.15. The standard InChI is InChI=1S/C12H10N2O3/c15-11(6-12(16)17)14-10-3-1-2-8-4-5-13-7-9(8)10/h1-5,7H,6H2,(H,14,15)(H,16,17). The zero-order valence-corrected chi connectivity index (χ0v) is 8.88. The van der Waals surface area contributed by atoms with Crippen molar-refractivity contribution in [2.45, 2.75) is 6.42 Å². The van der Waals surface area contributed by atoms with E-state index in [2.05, 4.69) is 10.3 Å². The molecule has 2 aromatic rings. The highest BCUT2D eigenvalue weighted by atomic mass is 16.4. The van der Waals surface area contributed by atoms with E-state index >= 15 is 0 Å². The molecule has 0 spiro atoms. The van der Waals surface area contributed by atoms with Gasteiger partial charge in [0.15, 0.2) is 0 Å². The average Bonchev–Trinajstić information content (AvgIpc) is 2.28. The maximum Gasteiger partial charge on any atom is 0.312 e. The van der Waals surface area contributed by atoms with Crippen LogP contribution in [0.1, 0.15) is 6.42 Å². The van der Waals surface area contributed by atoms with Gasteiger partial charge in [0, 0.05) is 17.8 Å². The lowest BCUT2D eigenvalue weighted by Gasteiger charge is -2.06.